The summed E-state index contributed by atoms with van der Waals surface area (Å²) in [5.41, 5.74) is 2.81. The number of halogens is 1. The first-order chi connectivity index (χ1) is 9.18. The van der Waals surface area contributed by atoms with Crippen molar-refractivity contribution in [1.82, 2.24) is 15.2 Å². The van der Waals surface area contributed by atoms with Crippen molar-refractivity contribution in [3.8, 4) is 0 Å². The summed E-state index contributed by atoms with van der Waals surface area (Å²) in [7, 11) is 4.29. The number of rotatable bonds is 5. The second-order valence-electron chi connectivity index (χ2n) is 5.51. The molecular formula is C15H24IN3. The fourth-order valence-corrected chi connectivity index (χ4v) is 2.97. The standard InChI is InChI=1S/C15H24IN3/c1-19(2)14(16)6-5-12-4-3-9-18-15(12)13-7-10-17-11-8-13/h3-4,9,13-14,17H,5-8,10-11H2,1-2H3/t14-/m0/s1. The molecule has 19 heavy (non-hydrogen) atoms. The van der Waals surface area contributed by atoms with E-state index in [0.29, 0.717) is 9.97 Å². The molecule has 0 radical (unpaired) electrons. The summed E-state index contributed by atoms with van der Waals surface area (Å²) in [5.74, 6) is 0.657. The number of piperidine rings is 1. The van der Waals surface area contributed by atoms with Gasteiger partial charge in [0.25, 0.3) is 0 Å². The van der Waals surface area contributed by atoms with Crippen LogP contribution in [-0.4, -0.2) is 41.1 Å². The van der Waals surface area contributed by atoms with E-state index in [2.05, 4.69) is 64.0 Å². The van der Waals surface area contributed by atoms with Gasteiger partial charge in [-0.1, -0.05) is 28.7 Å². The van der Waals surface area contributed by atoms with Gasteiger partial charge in [0.1, 0.15) is 0 Å². The zero-order valence-electron chi connectivity index (χ0n) is 11.9. The summed E-state index contributed by atoms with van der Waals surface area (Å²) >= 11 is 2.52. The Hall–Kier alpha value is -0.200. The van der Waals surface area contributed by atoms with Crippen molar-refractivity contribution in [3.63, 3.8) is 0 Å². The summed E-state index contributed by atoms with van der Waals surface area (Å²) in [6.07, 6.45) is 6.74. The Labute approximate surface area is 130 Å². The van der Waals surface area contributed by atoms with Crippen LogP contribution in [0.3, 0.4) is 0 Å². The van der Waals surface area contributed by atoms with Gasteiger partial charge >= 0.3 is 0 Å². The average molecular weight is 373 g/mol. The van der Waals surface area contributed by atoms with Crippen molar-refractivity contribution < 1.29 is 0 Å². The van der Waals surface area contributed by atoms with Gasteiger partial charge in [0.15, 0.2) is 0 Å². The Morgan fingerprint density at radius 1 is 1.42 bits per heavy atom. The van der Waals surface area contributed by atoms with Gasteiger partial charge in [-0.05, 0) is 64.5 Å². The van der Waals surface area contributed by atoms with Crippen molar-refractivity contribution in [3.05, 3.63) is 29.6 Å². The minimum atomic E-state index is 0.596. The van der Waals surface area contributed by atoms with Crippen LogP contribution < -0.4 is 5.32 Å². The first-order valence-electron chi connectivity index (χ1n) is 7.13. The summed E-state index contributed by atoms with van der Waals surface area (Å²) in [5, 5.41) is 3.43. The minimum Gasteiger partial charge on any atom is -0.317 e. The fourth-order valence-electron chi connectivity index (χ4n) is 2.66. The first-order valence-corrected chi connectivity index (χ1v) is 8.38. The van der Waals surface area contributed by atoms with Crippen LogP contribution in [0, 0.1) is 0 Å². The molecule has 0 aliphatic carbocycles. The van der Waals surface area contributed by atoms with Crippen LogP contribution in [0.5, 0.6) is 0 Å². The lowest BCUT2D eigenvalue weighted by atomic mass is 9.90. The number of nitrogens with zero attached hydrogens (tertiary/aromatic N) is 2. The third kappa shape index (κ3) is 4.39. The highest BCUT2D eigenvalue weighted by atomic mass is 127. The van der Waals surface area contributed by atoms with Crippen molar-refractivity contribution in [2.75, 3.05) is 27.2 Å². The average Bonchev–Trinajstić information content (AvgIpc) is 2.46. The van der Waals surface area contributed by atoms with Gasteiger partial charge in [-0.3, -0.25) is 9.88 Å². The summed E-state index contributed by atoms with van der Waals surface area (Å²) < 4.78 is 0.596. The van der Waals surface area contributed by atoms with Crippen LogP contribution in [0.4, 0.5) is 0 Å². The summed E-state index contributed by atoms with van der Waals surface area (Å²) in [6, 6.07) is 4.35. The highest BCUT2D eigenvalue weighted by Crippen LogP contribution is 2.27. The molecule has 1 atom stereocenters. The third-order valence-corrected chi connectivity index (χ3v) is 5.60. The second kappa shape index (κ2) is 7.55. The van der Waals surface area contributed by atoms with Gasteiger partial charge < -0.3 is 5.32 Å². The topological polar surface area (TPSA) is 28.2 Å². The predicted molar refractivity (Wildman–Crippen MR) is 88.9 cm³/mol. The van der Waals surface area contributed by atoms with E-state index in [0.717, 1.165) is 19.5 Å². The highest BCUT2D eigenvalue weighted by Gasteiger charge is 2.19. The number of pyridine rings is 1. The molecule has 1 aromatic rings. The maximum atomic E-state index is 4.68. The molecule has 1 N–H and O–H groups in total. The number of alkyl halides is 1. The molecule has 0 unspecified atom stereocenters. The van der Waals surface area contributed by atoms with E-state index < -0.39 is 0 Å². The van der Waals surface area contributed by atoms with E-state index >= 15 is 0 Å². The van der Waals surface area contributed by atoms with E-state index in [4.69, 9.17) is 0 Å². The van der Waals surface area contributed by atoms with E-state index in [1.165, 1.54) is 30.5 Å². The van der Waals surface area contributed by atoms with Crippen LogP contribution in [0.2, 0.25) is 0 Å². The van der Waals surface area contributed by atoms with Crippen molar-refractivity contribution in [1.29, 1.82) is 0 Å². The minimum absolute atomic E-state index is 0.596. The van der Waals surface area contributed by atoms with Crippen LogP contribution >= 0.6 is 22.6 Å². The second-order valence-corrected chi connectivity index (χ2v) is 6.95. The predicted octanol–water partition coefficient (Wildman–Crippen LogP) is 2.80. The molecule has 0 saturated carbocycles. The third-order valence-electron chi connectivity index (χ3n) is 3.86. The van der Waals surface area contributed by atoms with E-state index in [1.54, 1.807) is 0 Å². The molecule has 3 nitrogen and oxygen atoms in total. The van der Waals surface area contributed by atoms with Crippen LogP contribution in [0.15, 0.2) is 18.3 Å². The summed E-state index contributed by atoms with van der Waals surface area (Å²) in [6.45, 7) is 2.26. The van der Waals surface area contributed by atoms with Gasteiger partial charge in [0.05, 0.1) is 4.05 Å². The molecule has 4 heteroatoms. The Kier molecular flexibility index (Phi) is 6.04. The number of hydrogen-bond donors (Lipinski definition) is 1. The van der Waals surface area contributed by atoms with E-state index in [9.17, 15) is 0 Å². The SMILES string of the molecule is CN(C)[C@H](I)CCc1cccnc1C1CCNCC1. The van der Waals surface area contributed by atoms with Crippen molar-refractivity contribution in [2.24, 2.45) is 0 Å². The van der Waals surface area contributed by atoms with Crippen LogP contribution in [0.1, 0.15) is 36.4 Å². The number of hydrogen-bond acceptors (Lipinski definition) is 3. The zero-order valence-corrected chi connectivity index (χ0v) is 14.1. The maximum absolute atomic E-state index is 4.68. The molecule has 0 aromatic carbocycles. The normalized spacial score (nSPS) is 18.7. The molecule has 0 amide bonds. The molecule has 2 heterocycles. The van der Waals surface area contributed by atoms with Crippen molar-refractivity contribution in [2.45, 2.75) is 35.6 Å². The van der Waals surface area contributed by atoms with E-state index in [-0.39, 0.29) is 0 Å². The van der Waals surface area contributed by atoms with Gasteiger partial charge in [0.2, 0.25) is 0 Å². The molecule has 106 valence electrons. The number of nitrogens with one attached hydrogen (secondary N) is 1. The molecule has 0 spiro atoms. The van der Waals surface area contributed by atoms with Gasteiger partial charge in [-0.25, -0.2) is 0 Å². The van der Waals surface area contributed by atoms with Crippen molar-refractivity contribution >= 4 is 22.6 Å². The van der Waals surface area contributed by atoms with Crippen LogP contribution in [0.25, 0.3) is 0 Å². The quantitative estimate of drug-likeness (QED) is 0.489. The zero-order chi connectivity index (χ0) is 13.7. The van der Waals surface area contributed by atoms with Gasteiger partial charge in [-0.2, -0.15) is 0 Å². The molecule has 1 saturated heterocycles. The van der Waals surface area contributed by atoms with Gasteiger partial charge in [-0.15, -0.1) is 0 Å². The lowest BCUT2D eigenvalue weighted by Gasteiger charge is -2.25. The Bertz CT molecular complexity index is 389. The maximum Gasteiger partial charge on any atom is 0.0616 e. The van der Waals surface area contributed by atoms with Gasteiger partial charge in [0, 0.05) is 17.8 Å². The molecule has 1 aliphatic heterocycles. The first kappa shape index (κ1) is 15.2. The lowest BCUT2D eigenvalue weighted by molar-refractivity contribution is 0.381. The molecule has 2 rings (SSSR count). The number of aromatic nitrogens is 1. The molecule has 1 aliphatic rings. The molecule has 0 bridgehead atoms. The summed E-state index contributed by atoms with van der Waals surface area (Å²) in [4.78, 5) is 6.96. The Morgan fingerprint density at radius 3 is 2.84 bits per heavy atom. The van der Waals surface area contributed by atoms with E-state index in [1.807, 2.05) is 6.20 Å². The molecule has 1 fully saturated rings. The molecule has 1 aromatic heterocycles. The smallest absolute Gasteiger partial charge is 0.0616 e. The fraction of sp³-hybridized carbons (Fsp3) is 0.667. The highest BCUT2D eigenvalue weighted by molar-refractivity contribution is 14.1. The molecular weight excluding hydrogens is 349 g/mol. The number of aryl methyl sites for hydroxylation is 1. The largest absolute Gasteiger partial charge is 0.317 e. The monoisotopic (exact) mass is 373 g/mol. The van der Waals surface area contributed by atoms with Crippen LogP contribution in [-0.2, 0) is 6.42 Å². The lowest BCUT2D eigenvalue weighted by Crippen LogP contribution is -2.27. The Balaban J connectivity index is 2.03. The Morgan fingerprint density at radius 2 is 2.16 bits per heavy atom.